The standard InChI is InChI=1S/C14H15NO/c16-14-9-5-4-6-12(14)10-11-15-13-7-2-1-3-8-13/h1-9,15-16H,10-11H2. The van der Waals surface area contributed by atoms with Gasteiger partial charge in [0.15, 0.2) is 0 Å². The molecule has 0 bridgehead atoms. The molecule has 0 saturated carbocycles. The lowest BCUT2D eigenvalue weighted by Gasteiger charge is -2.07. The van der Waals surface area contributed by atoms with Gasteiger partial charge in [-0.2, -0.15) is 0 Å². The highest BCUT2D eigenvalue weighted by atomic mass is 16.3. The van der Waals surface area contributed by atoms with Crippen LogP contribution >= 0.6 is 0 Å². The van der Waals surface area contributed by atoms with Crippen molar-refractivity contribution >= 4 is 5.69 Å². The molecule has 2 N–H and O–H groups in total. The number of hydrogen-bond acceptors (Lipinski definition) is 2. The van der Waals surface area contributed by atoms with Gasteiger partial charge in [-0.15, -0.1) is 0 Å². The lowest BCUT2D eigenvalue weighted by atomic mass is 10.1. The third kappa shape index (κ3) is 2.76. The predicted octanol–water partition coefficient (Wildman–Crippen LogP) is 3.05. The Hall–Kier alpha value is -1.96. The third-order valence-corrected chi connectivity index (χ3v) is 2.49. The molecule has 2 aromatic rings. The summed E-state index contributed by atoms with van der Waals surface area (Å²) >= 11 is 0. The molecule has 0 unspecified atom stereocenters. The van der Waals surface area contributed by atoms with Crippen LogP contribution < -0.4 is 5.32 Å². The lowest BCUT2D eigenvalue weighted by molar-refractivity contribution is 0.468. The first-order valence-electron chi connectivity index (χ1n) is 5.42. The van der Waals surface area contributed by atoms with E-state index in [9.17, 15) is 5.11 Å². The van der Waals surface area contributed by atoms with Gasteiger partial charge in [0.1, 0.15) is 5.75 Å². The fourth-order valence-electron chi connectivity index (χ4n) is 1.62. The zero-order valence-electron chi connectivity index (χ0n) is 9.06. The predicted molar refractivity (Wildman–Crippen MR) is 66.7 cm³/mol. The number of hydrogen-bond donors (Lipinski definition) is 2. The molecule has 0 saturated heterocycles. The van der Waals surface area contributed by atoms with E-state index in [0.717, 1.165) is 24.2 Å². The molecule has 0 heterocycles. The zero-order valence-corrected chi connectivity index (χ0v) is 9.06. The molecule has 0 aromatic heterocycles. The molecule has 0 amide bonds. The Morgan fingerprint density at radius 3 is 2.31 bits per heavy atom. The number of phenols is 1. The van der Waals surface area contributed by atoms with Gasteiger partial charge in [0.2, 0.25) is 0 Å². The summed E-state index contributed by atoms with van der Waals surface area (Å²) in [6, 6.07) is 17.5. The number of benzene rings is 2. The molecule has 2 rings (SSSR count). The topological polar surface area (TPSA) is 32.3 Å². The van der Waals surface area contributed by atoms with Crippen LogP contribution in [0, 0.1) is 0 Å². The molecule has 2 aromatic carbocycles. The van der Waals surface area contributed by atoms with Gasteiger partial charge in [-0.25, -0.2) is 0 Å². The van der Waals surface area contributed by atoms with Crippen LogP contribution in [0.2, 0.25) is 0 Å². The molecular weight excluding hydrogens is 198 g/mol. The van der Waals surface area contributed by atoms with E-state index in [4.69, 9.17) is 0 Å². The summed E-state index contributed by atoms with van der Waals surface area (Å²) < 4.78 is 0. The summed E-state index contributed by atoms with van der Waals surface area (Å²) in [6.07, 6.45) is 0.821. The summed E-state index contributed by atoms with van der Waals surface area (Å²) in [5, 5.41) is 12.9. The molecule has 2 nitrogen and oxygen atoms in total. The smallest absolute Gasteiger partial charge is 0.118 e. The minimum Gasteiger partial charge on any atom is -0.508 e. The fourth-order valence-corrected chi connectivity index (χ4v) is 1.62. The second-order valence-electron chi connectivity index (χ2n) is 3.67. The number of phenolic OH excluding ortho intramolecular Hbond substituents is 1. The summed E-state index contributed by atoms with van der Waals surface area (Å²) in [7, 11) is 0. The van der Waals surface area contributed by atoms with Crippen molar-refractivity contribution in [3.8, 4) is 5.75 Å². The average molecular weight is 213 g/mol. The Bertz CT molecular complexity index is 439. The maximum Gasteiger partial charge on any atom is 0.118 e. The summed E-state index contributed by atoms with van der Waals surface area (Å²) in [5.41, 5.74) is 2.09. The maximum absolute atomic E-state index is 9.58. The van der Waals surface area contributed by atoms with Crippen molar-refractivity contribution in [2.45, 2.75) is 6.42 Å². The highest BCUT2D eigenvalue weighted by molar-refractivity contribution is 5.43. The Kier molecular flexibility index (Phi) is 3.44. The van der Waals surface area contributed by atoms with Crippen molar-refractivity contribution in [1.29, 1.82) is 0 Å². The van der Waals surface area contributed by atoms with E-state index in [1.54, 1.807) is 6.07 Å². The first-order chi connectivity index (χ1) is 7.86. The number of aromatic hydroxyl groups is 1. The molecule has 16 heavy (non-hydrogen) atoms. The van der Waals surface area contributed by atoms with Crippen LogP contribution in [0.3, 0.4) is 0 Å². The van der Waals surface area contributed by atoms with Crippen LogP contribution in [0.15, 0.2) is 54.6 Å². The molecule has 2 heteroatoms. The van der Waals surface area contributed by atoms with Gasteiger partial charge in [0.25, 0.3) is 0 Å². The van der Waals surface area contributed by atoms with Crippen LogP contribution in [0.5, 0.6) is 5.75 Å². The van der Waals surface area contributed by atoms with E-state index in [2.05, 4.69) is 5.32 Å². The normalized spacial score (nSPS) is 10.0. The second kappa shape index (κ2) is 5.21. The average Bonchev–Trinajstić information content (AvgIpc) is 2.33. The van der Waals surface area contributed by atoms with E-state index >= 15 is 0 Å². The van der Waals surface area contributed by atoms with E-state index in [0.29, 0.717) is 5.75 Å². The van der Waals surface area contributed by atoms with Crippen molar-refractivity contribution < 1.29 is 5.11 Å². The number of nitrogens with one attached hydrogen (secondary N) is 1. The third-order valence-electron chi connectivity index (χ3n) is 2.49. The van der Waals surface area contributed by atoms with Crippen LogP contribution in [0.4, 0.5) is 5.69 Å². The molecule has 0 radical (unpaired) electrons. The van der Waals surface area contributed by atoms with Crippen LogP contribution in [-0.2, 0) is 6.42 Å². The number of para-hydroxylation sites is 2. The van der Waals surface area contributed by atoms with Crippen molar-refractivity contribution in [2.75, 3.05) is 11.9 Å². The quantitative estimate of drug-likeness (QED) is 0.818. The molecule has 82 valence electrons. The molecule has 0 fully saturated rings. The van der Waals surface area contributed by atoms with E-state index in [-0.39, 0.29) is 0 Å². The zero-order chi connectivity index (χ0) is 11.2. The molecule has 0 aliphatic carbocycles. The Balaban J connectivity index is 1.87. The minimum atomic E-state index is 0.373. The largest absolute Gasteiger partial charge is 0.508 e. The molecule has 0 aliphatic rings. The number of rotatable bonds is 4. The first-order valence-corrected chi connectivity index (χ1v) is 5.42. The van der Waals surface area contributed by atoms with Crippen molar-refractivity contribution in [3.05, 3.63) is 60.2 Å². The highest BCUT2D eigenvalue weighted by Crippen LogP contribution is 2.16. The van der Waals surface area contributed by atoms with Crippen molar-refractivity contribution in [3.63, 3.8) is 0 Å². The van der Waals surface area contributed by atoms with Gasteiger partial charge >= 0.3 is 0 Å². The molecular formula is C14H15NO. The molecule has 0 aliphatic heterocycles. The molecule has 0 atom stereocenters. The van der Waals surface area contributed by atoms with Gasteiger partial charge in [-0.05, 0) is 30.2 Å². The fraction of sp³-hybridized carbons (Fsp3) is 0.143. The number of anilines is 1. The van der Waals surface area contributed by atoms with Gasteiger partial charge in [-0.1, -0.05) is 36.4 Å². The van der Waals surface area contributed by atoms with Crippen LogP contribution in [0.25, 0.3) is 0 Å². The Morgan fingerprint density at radius 1 is 0.875 bits per heavy atom. The van der Waals surface area contributed by atoms with E-state index < -0.39 is 0 Å². The lowest BCUT2D eigenvalue weighted by Crippen LogP contribution is -2.04. The first kappa shape index (κ1) is 10.6. The monoisotopic (exact) mass is 213 g/mol. The Morgan fingerprint density at radius 2 is 1.56 bits per heavy atom. The summed E-state index contributed by atoms with van der Waals surface area (Å²) in [4.78, 5) is 0. The van der Waals surface area contributed by atoms with E-state index in [1.165, 1.54) is 0 Å². The van der Waals surface area contributed by atoms with Gasteiger partial charge in [0, 0.05) is 12.2 Å². The van der Waals surface area contributed by atoms with Gasteiger partial charge in [-0.3, -0.25) is 0 Å². The highest BCUT2D eigenvalue weighted by Gasteiger charge is 1.98. The van der Waals surface area contributed by atoms with Gasteiger partial charge in [0.05, 0.1) is 0 Å². The summed E-state index contributed by atoms with van der Waals surface area (Å²) in [5.74, 6) is 0.373. The molecule has 0 spiro atoms. The maximum atomic E-state index is 9.58. The van der Waals surface area contributed by atoms with Crippen molar-refractivity contribution in [1.82, 2.24) is 0 Å². The van der Waals surface area contributed by atoms with Crippen LogP contribution in [0.1, 0.15) is 5.56 Å². The van der Waals surface area contributed by atoms with Gasteiger partial charge < -0.3 is 10.4 Å². The minimum absolute atomic E-state index is 0.373. The SMILES string of the molecule is Oc1ccccc1CCNc1ccccc1. The second-order valence-corrected chi connectivity index (χ2v) is 3.67. The Labute approximate surface area is 95.6 Å². The van der Waals surface area contributed by atoms with Crippen LogP contribution in [-0.4, -0.2) is 11.7 Å². The summed E-state index contributed by atoms with van der Waals surface area (Å²) in [6.45, 7) is 0.821. The van der Waals surface area contributed by atoms with Crippen molar-refractivity contribution in [2.24, 2.45) is 0 Å². The van der Waals surface area contributed by atoms with E-state index in [1.807, 2.05) is 48.5 Å².